The number of unbranched alkanes of at least 4 members (excludes halogenated alkanes) is 3. The van der Waals surface area contributed by atoms with E-state index in [1.165, 1.54) is 0 Å². The van der Waals surface area contributed by atoms with Gasteiger partial charge in [-0.05, 0) is 26.3 Å². The smallest absolute Gasteiger partial charge is 0.303 e. The van der Waals surface area contributed by atoms with E-state index in [9.17, 15) is 4.79 Å². The predicted octanol–water partition coefficient (Wildman–Crippen LogP) is 5.76. The average molecular weight is 430 g/mol. The summed E-state index contributed by atoms with van der Waals surface area (Å²) in [6.07, 6.45) is 5.07. The fraction of sp³-hybridized carbons (Fsp3) is 0.370. The van der Waals surface area contributed by atoms with Crippen LogP contribution in [0.3, 0.4) is 0 Å². The van der Waals surface area contributed by atoms with Crippen molar-refractivity contribution in [1.29, 1.82) is 0 Å². The van der Waals surface area contributed by atoms with Crippen molar-refractivity contribution in [1.82, 2.24) is 14.9 Å². The van der Waals surface area contributed by atoms with Gasteiger partial charge in [-0.25, -0.2) is 9.97 Å². The molecule has 0 spiro atoms. The minimum atomic E-state index is -0.700. The summed E-state index contributed by atoms with van der Waals surface area (Å²) < 4.78 is 0. The molecule has 1 aromatic heterocycles. The third-order valence-electron chi connectivity index (χ3n) is 6.26. The summed E-state index contributed by atoms with van der Waals surface area (Å²) in [5.74, 6) is -0.700. The SMILES string of the molecule is CC1c2nc(-c3ccccc3)c(-c3ccccc3)nc2CCN1CCCCCCC(=O)O. The Balaban J connectivity index is 1.55. The second-order valence-electron chi connectivity index (χ2n) is 8.50. The number of nitrogens with zero attached hydrogens (tertiary/aromatic N) is 3. The standard InChI is InChI=1S/C27H31N3O2/c1-20-25-23(17-19-30(20)18-11-3-2-10-16-24(31)32)28-26(21-12-6-4-7-13-21)27(29-25)22-14-8-5-9-15-22/h4-9,12-15,20H,2-3,10-11,16-19H2,1H3,(H,31,32). The number of hydrogen-bond acceptors (Lipinski definition) is 4. The largest absolute Gasteiger partial charge is 0.481 e. The molecule has 32 heavy (non-hydrogen) atoms. The summed E-state index contributed by atoms with van der Waals surface area (Å²) in [6.45, 7) is 4.22. The van der Waals surface area contributed by atoms with Gasteiger partial charge in [-0.2, -0.15) is 0 Å². The first-order valence-corrected chi connectivity index (χ1v) is 11.6. The molecule has 0 saturated heterocycles. The molecule has 0 amide bonds. The lowest BCUT2D eigenvalue weighted by atomic mass is 9.98. The lowest BCUT2D eigenvalue weighted by molar-refractivity contribution is -0.137. The molecule has 1 atom stereocenters. The molecular formula is C27H31N3O2. The molecule has 5 nitrogen and oxygen atoms in total. The van der Waals surface area contributed by atoms with Crippen LogP contribution in [0.1, 0.15) is 56.5 Å². The van der Waals surface area contributed by atoms with Gasteiger partial charge in [-0.3, -0.25) is 9.69 Å². The molecule has 3 aromatic rings. The first kappa shape index (κ1) is 22.2. The highest BCUT2D eigenvalue weighted by Gasteiger charge is 2.28. The Labute approximate surface area is 190 Å². The lowest BCUT2D eigenvalue weighted by Gasteiger charge is -2.34. The van der Waals surface area contributed by atoms with Crippen molar-refractivity contribution in [3.05, 3.63) is 72.1 Å². The van der Waals surface area contributed by atoms with E-state index in [4.69, 9.17) is 15.1 Å². The van der Waals surface area contributed by atoms with Crippen LogP contribution < -0.4 is 0 Å². The maximum atomic E-state index is 10.7. The van der Waals surface area contributed by atoms with Gasteiger partial charge in [0.1, 0.15) is 0 Å². The molecule has 166 valence electrons. The number of carboxylic acids is 1. The Bertz CT molecular complexity index is 1040. The zero-order valence-electron chi connectivity index (χ0n) is 18.7. The number of carbonyl (C=O) groups is 1. The molecule has 2 heterocycles. The molecule has 0 fully saturated rings. The zero-order valence-corrected chi connectivity index (χ0v) is 18.7. The number of carboxylic acid groups (broad SMARTS) is 1. The molecule has 1 N–H and O–H groups in total. The summed E-state index contributed by atoms with van der Waals surface area (Å²) in [5, 5.41) is 8.78. The molecule has 4 rings (SSSR count). The molecular weight excluding hydrogens is 398 g/mol. The van der Waals surface area contributed by atoms with Gasteiger partial charge in [0.05, 0.1) is 28.8 Å². The third kappa shape index (κ3) is 5.22. The summed E-state index contributed by atoms with van der Waals surface area (Å²) in [5.41, 5.74) is 6.27. The maximum Gasteiger partial charge on any atom is 0.303 e. The molecule has 2 aromatic carbocycles. The Morgan fingerprint density at radius 1 is 0.906 bits per heavy atom. The van der Waals surface area contributed by atoms with Crippen LogP contribution >= 0.6 is 0 Å². The van der Waals surface area contributed by atoms with Crippen LogP contribution in [0, 0.1) is 0 Å². The zero-order chi connectivity index (χ0) is 22.3. The molecule has 1 aliphatic heterocycles. The van der Waals surface area contributed by atoms with Crippen molar-refractivity contribution < 1.29 is 9.90 Å². The molecule has 0 bridgehead atoms. The molecule has 1 unspecified atom stereocenters. The predicted molar refractivity (Wildman–Crippen MR) is 127 cm³/mol. The van der Waals surface area contributed by atoms with Crippen LogP contribution in [0.25, 0.3) is 22.5 Å². The minimum absolute atomic E-state index is 0.220. The van der Waals surface area contributed by atoms with Crippen molar-refractivity contribution in [3.63, 3.8) is 0 Å². The summed E-state index contributed by atoms with van der Waals surface area (Å²) >= 11 is 0. The van der Waals surface area contributed by atoms with Crippen LogP contribution in [-0.4, -0.2) is 39.0 Å². The number of fused-ring (bicyclic) bond motifs is 1. The van der Waals surface area contributed by atoms with Gasteiger partial charge in [-0.1, -0.05) is 73.5 Å². The fourth-order valence-electron chi connectivity index (χ4n) is 4.46. The average Bonchev–Trinajstić information content (AvgIpc) is 2.83. The van der Waals surface area contributed by atoms with Crippen LogP contribution in [0.4, 0.5) is 0 Å². The van der Waals surface area contributed by atoms with E-state index in [1.54, 1.807) is 0 Å². The fourth-order valence-corrected chi connectivity index (χ4v) is 4.46. The summed E-state index contributed by atoms with van der Waals surface area (Å²) in [6, 6.07) is 20.9. The molecule has 0 saturated carbocycles. The number of aliphatic carboxylic acids is 1. The highest BCUT2D eigenvalue weighted by molar-refractivity contribution is 5.78. The lowest BCUT2D eigenvalue weighted by Crippen LogP contribution is -2.36. The van der Waals surface area contributed by atoms with Gasteiger partial charge in [0.2, 0.25) is 0 Å². The van der Waals surface area contributed by atoms with Crippen LogP contribution in [-0.2, 0) is 11.2 Å². The normalized spacial score (nSPS) is 16.0. The van der Waals surface area contributed by atoms with Crippen LogP contribution in [0.15, 0.2) is 60.7 Å². The van der Waals surface area contributed by atoms with Crippen LogP contribution in [0.5, 0.6) is 0 Å². The van der Waals surface area contributed by atoms with E-state index in [2.05, 4.69) is 36.1 Å². The van der Waals surface area contributed by atoms with Gasteiger partial charge in [0, 0.05) is 30.5 Å². The molecule has 0 radical (unpaired) electrons. The highest BCUT2D eigenvalue weighted by atomic mass is 16.4. The van der Waals surface area contributed by atoms with Gasteiger partial charge in [0.25, 0.3) is 0 Å². The molecule has 1 aliphatic rings. The first-order valence-electron chi connectivity index (χ1n) is 11.6. The quantitative estimate of drug-likeness (QED) is 0.438. The molecule has 0 aliphatic carbocycles. The van der Waals surface area contributed by atoms with E-state index in [1.807, 2.05) is 36.4 Å². The molecule has 5 heteroatoms. The van der Waals surface area contributed by atoms with E-state index < -0.39 is 5.97 Å². The van der Waals surface area contributed by atoms with E-state index in [0.717, 1.165) is 79.1 Å². The number of hydrogen-bond donors (Lipinski definition) is 1. The van der Waals surface area contributed by atoms with Crippen molar-refractivity contribution in [2.24, 2.45) is 0 Å². The number of rotatable bonds is 9. The van der Waals surface area contributed by atoms with Crippen molar-refractivity contribution in [2.75, 3.05) is 13.1 Å². The van der Waals surface area contributed by atoms with Crippen molar-refractivity contribution in [3.8, 4) is 22.5 Å². The van der Waals surface area contributed by atoms with Crippen molar-refractivity contribution in [2.45, 2.75) is 51.5 Å². The second-order valence-corrected chi connectivity index (χ2v) is 8.50. The summed E-state index contributed by atoms with van der Waals surface area (Å²) in [4.78, 5) is 23.5. The topological polar surface area (TPSA) is 66.3 Å². The van der Waals surface area contributed by atoms with E-state index >= 15 is 0 Å². The Hall–Kier alpha value is -3.05. The highest BCUT2D eigenvalue weighted by Crippen LogP contribution is 2.34. The Kier molecular flexibility index (Phi) is 7.28. The Morgan fingerprint density at radius 3 is 2.12 bits per heavy atom. The van der Waals surface area contributed by atoms with Gasteiger partial charge >= 0.3 is 5.97 Å². The van der Waals surface area contributed by atoms with E-state index in [0.29, 0.717) is 0 Å². The van der Waals surface area contributed by atoms with Gasteiger partial charge in [0.15, 0.2) is 0 Å². The summed E-state index contributed by atoms with van der Waals surface area (Å²) in [7, 11) is 0. The second kappa shape index (κ2) is 10.5. The monoisotopic (exact) mass is 429 g/mol. The minimum Gasteiger partial charge on any atom is -0.481 e. The van der Waals surface area contributed by atoms with Gasteiger partial charge in [-0.15, -0.1) is 0 Å². The third-order valence-corrected chi connectivity index (χ3v) is 6.26. The maximum absolute atomic E-state index is 10.7. The number of aromatic nitrogens is 2. The Morgan fingerprint density at radius 2 is 1.50 bits per heavy atom. The number of benzene rings is 2. The van der Waals surface area contributed by atoms with Crippen molar-refractivity contribution >= 4 is 5.97 Å². The van der Waals surface area contributed by atoms with Gasteiger partial charge < -0.3 is 5.11 Å². The van der Waals surface area contributed by atoms with E-state index in [-0.39, 0.29) is 12.5 Å². The first-order chi connectivity index (χ1) is 15.6. The van der Waals surface area contributed by atoms with Crippen LogP contribution in [0.2, 0.25) is 0 Å².